The van der Waals surface area contributed by atoms with Gasteiger partial charge in [0, 0.05) is 25.9 Å². The van der Waals surface area contributed by atoms with Gasteiger partial charge in [-0.15, -0.1) is 0 Å². The minimum absolute atomic E-state index is 0.299. The van der Waals surface area contributed by atoms with E-state index in [-0.39, 0.29) is 0 Å². The van der Waals surface area contributed by atoms with E-state index in [1.165, 1.54) is 0 Å². The van der Waals surface area contributed by atoms with Crippen molar-refractivity contribution >= 4 is 11.8 Å². The highest BCUT2D eigenvalue weighted by Gasteiger charge is 2.21. The van der Waals surface area contributed by atoms with Gasteiger partial charge in [-0.2, -0.15) is 4.98 Å². The van der Waals surface area contributed by atoms with Gasteiger partial charge in [-0.3, -0.25) is 0 Å². The van der Waals surface area contributed by atoms with E-state index in [9.17, 15) is 5.11 Å². The summed E-state index contributed by atoms with van der Waals surface area (Å²) < 4.78 is 5.45. The molecule has 1 aliphatic rings. The largest absolute Gasteiger partial charge is 0.387 e. The average Bonchev–Trinajstić information content (AvgIpc) is 2.45. The van der Waals surface area contributed by atoms with Crippen molar-refractivity contribution in [2.24, 2.45) is 0 Å². The van der Waals surface area contributed by atoms with E-state index in [1.54, 1.807) is 13.1 Å². The second kappa shape index (κ2) is 7.71. The Morgan fingerprint density at radius 3 is 3.00 bits per heavy atom. The fourth-order valence-electron chi connectivity index (χ4n) is 2.59. The standard InChI is InChI=1S/C15H27N5O2/c1-15(21,11-20(2)3)10-17-14-16-7-6-13(19-14)18-12-5-4-8-22-9-12/h6-7,12,21H,4-5,8-11H2,1-3H3,(H2,16,17,18,19)/t12-,15+/m1/s1. The number of nitrogens with one attached hydrogen (secondary N) is 2. The molecule has 0 amide bonds. The van der Waals surface area contributed by atoms with Gasteiger partial charge in [0.25, 0.3) is 0 Å². The number of hydrogen-bond donors (Lipinski definition) is 3. The number of aromatic nitrogens is 2. The fraction of sp³-hybridized carbons (Fsp3) is 0.733. The summed E-state index contributed by atoms with van der Waals surface area (Å²) in [5, 5.41) is 16.7. The minimum Gasteiger partial charge on any atom is -0.387 e. The fourth-order valence-corrected chi connectivity index (χ4v) is 2.59. The topological polar surface area (TPSA) is 82.5 Å². The maximum atomic E-state index is 10.3. The van der Waals surface area contributed by atoms with Crippen molar-refractivity contribution in [3.05, 3.63) is 12.3 Å². The number of rotatable bonds is 7. The van der Waals surface area contributed by atoms with Crippen molar-refractivity contribution in [3.8, 4) is 0 Å². The van der Waals surface area contributed by atoms with Gasteiger partial charge in [-0.05, 0) is 39.9 Å². The Morgan fingerprint density at radius 1 is 1.50 bits per heavy atom. The first-order valence-electron chi connectivity index (χ1n) is 7.73. The molecular formula is C15H27N5O2. The number of nitrogens with zero attached hydrogens (tertiary/aromatic N) is 3. The molecule has 7 nitrogen and oxygen atoms in total. The predicted octanol–water partition coefficient (Wildman–Crippen LogP) is 0.792. The zero-order valence-corrected chi connectivity index (χ0v) is 13.7. The van der Waals surface area contributed by atoms with Crippen molar-refractivity contribution in [1.29, 1.82) is 0 Å². The van der Waals surface area contributed by atoms with Crippen LogP contribution in [0.2, 0.25) is 0 Å². The zero-order chi connectivity index (χ0) is 16.0. The van der Waals surface area contributed by atoms with Gasteiger partial charge in [-0.1, -0.05) is 0 Å². The first kappa shape index (κ1) is 16.9. The summed E-state index contributed by atoms with van der Waals surface area (Å²) in [4.78, 5) is 10.6. The van der Waals surface area contributed by atoms with Crippen LogP contribution in [0.15, 0.2) is 12.3 Å². The third-order valence-corrected chi connectivity index (χ3v) is 3.45. The van der Waals surface area contributed by atoms with E-state index < -0.39 is 5.60 Å². The molecule has 0 bridgehead atoms. The van der Waals surface area contributed by atoms with Crippen LogP contribution in [0.1, 0.15) is 19.8 Å². The van der Waals surface area contributed by atoms with Gasteiger partial charge in [0.05, 0.1) is 18.2 Å². The van der Waals surface area contributed by atoms with Crippen LogP contribution in [0, 0.1) is 0 Å². The number of hydrogen-bond acceptors (Lipinski definition) is 7. The Morgan fingerprint density at radius 2 is 2.32 bits per heavy atom. The molecule has 0 aromatic carbocycles. The van der Waals surface area contributed by atoms with Crippen LogP contribution < -0.4 is 10.6 Å². The number of aliphatic hydroxyl groups is 1. The van der Waals surface area contributed by atoms with Crippen LogP contribution >= 0.6 is 0 Å². The molecule has 1 fully saturated rings. The van der Waals surface area contributed by atoms with Crippen LogP contribution in [0.25, 0.3) is 0 Å². The van der Waals surface area contributed by atoms with Gasteiger partial charge in [0.1, 0.15) is 5.82 Å². The quantitative estimate of drug-likeness (QED) is 0.687. The van der Waals surface area contributed by atoms with Crippen molar-refractivity contribution in [2.75, 3.05) is 51.0 Å². The van der Waals surface area contributed by atoms with Crippen LogP contribution in [-0.2, 0) is 4.74 Å². The molecule has 124 valence electrons. The summed E-state index contributed by atoms with van der Waals surface area (Å²) in [6, 6.07) is 2.14. The Hall–Kier alpha value is -1.44. The Bertz CT molecular complexity index is 461. The lowest BCUT2D eigenvalue weighted by atomic mass is 10.1. The first-order valence-corrected chi connectivity index (χ1v) is 7.73. The second-order valence-corrected chi connectivity index (χ2v) is 6.41. The van der Waals surface area contributed by atoms with E-state index in [0.29, 0.717) is 31.7 Å². The lowest BCUT2D eigenvalue weighted by Gasteiger charge is -2.27. The van der Waals surface area contributed by atoms with E-state index in [4.69, 9.17) is 4.74 Å². The lowest BCUT2D eigenvalue weighted by molar-refractivity contribution is 0.0458. The molecule has 1 aromatic heterocycles. The minimum atomic E-state index is -0.840. The van der Waals surface area contributed by atoms with Crippen molar-refractivity contribution in [3.63, 3.8) is 0 Å². The Kier molecular flexibility index (Phi) is 5.93. The summed E-state index contributed by atoms with van der Waals surface area (Å²) in [6.45, 7) is 4.31. The molecule has 7 heteroatoms. The molecule has 22 heavy (non-hydrogen) atoms. The van der Waals surface area contributed by atoms with Gasteiger partial charge in [0.15, 0.2) is 0 Å². The number of ether oxygens (including phenoxy) is 1. The monoisotopic (exact) mass is 309 g/mol. The number of anilines is 2. The van der Waals surface area contributed by atoms with E-state index in [1.807, 2.05) is 25.1 Å². The molecule has 0 radical (unpaired) electrons. The highest BCUT2D eigenvalue weighted by Crippen LogP contribution is 2.14. The molecule has 0 spiro atoms. The second-order valence-electron chi connectivity index (χ2n) is 6.41. The molecule has 1 aromatic rings. The molecule has 2 rings (SSSR count). The summed E-state index contributed by atoms with van der Waals surface area (Å²) in [6.07, 6.45) is 3.87. The molecular weight excluding hydrogens is 282 g/mol. The van der Waals surface area contributed by atoms with Gasteiger partial charge >= 0.3 is 0 Å². The number of likely N-dealkylation sites (N-methyl/N-ethyl adjacent to an activating group) is 1. The maximum Gasteiger partial charge on any atom is 0.224 e. The molecule has 2 heterocycles. The molecule has 1 aliphatic heterocycles. The SMILES string of the molecule is CN(C)C[C@@](C)(O)CNc1nccc(N[C@@H]2CCCOC2)n1. The summed E-state index contributed by atoms with van der Waals surface area (Å²) in [7, 11) is 3.86. The zero-order valence-electron chi connectivity index (χ0n) is 13.7. The smallest absolute Gasteiger partial charge is 0.224 e. The molecule has 3 N–H and O–H groups in total. The summed E-state index contributed by atoms with van der Waals surface area (Å²) in [5.74, 6) is 1.29. The molecule has 0 unspecified atom stereocenters. The third-order valence-electron chi connectivity index (χ3n) is 3.45. The molecule has 0 saturated carbocycles. The van der Waals surface area contributed by atoms with Gasteiger partial charge in [0.2, 0.25) is 5.95 Å². The first-order chi connectivity index (χ1) is 10.4. The highest BCUT2D eigenvalue weighted by atomic mass is 16.5. The van der Waals surface area contributed by atoms with Crippen molar-refractivity contribution < 1.29 is 9.84 Å². The van der Waals surface area contributed by atoms with Crippen molar-refractivity contribution in [2.45, 2.75) is 31.4 Å². The average molecular weight is 309 g/mol. The predicted molar refractivity (Wildman–Crippen MR) is 87.2 cm³/mol. The van der Waals surface area contributed by atoms with Crippen LogP contribution in [0.5, 0.6) is 0 Å². The van der Waals surface area contributed by atoms with E-state index in [2.05, 4.69) is 20.6 Å². The van der Waals surface area contributed by atoms with Crippen molar-refractivity contribution in [1.82, 2.24) is 14.9 Å². The Labute approximate surface area is 132 Å². The summed E-state index contributed by atoms with van der Waals surface area (Å²) >= 11 is 0. The summed E-state index contributed by atoms with van der Waals surface area (Å²) in [5.41, 5.74) is -0.840. The molecule has 0 aliphatic carbocycles. The van der Waals surface area contributed by atoms with Crippen LogP contribution in [0.4, 0.5) is 11.8 Å². The van der Waals surface area contributed by atoms with E-state index in [0.717, 1.165) is 25.3 Å². The Balaban J connectivity index is 1.88. The van der Waals surface area contributed by atoms with Crippen LogP contribution in [-0.4, -0.2) is 72.0 Å². The maximum absolute atomic E-state index is 10.3. The molecule has 1 saturated heterocycles. The van der Waals surface area contributed by atoms with Gasteiger partial charge in [-0.25, -0.2) is 4.98 Å². The van der Waals surface area contributed by atoms with Gasteiger partial charge < -0.3 is 25.4 Å². The third kappa shape index (κ3) is 5.75. The van der Waals surface area contributed by atoms with Crippen LogP contribution in [0.3, 0.4) is 0 Å². The normalized spacial score (nSPS) is 21.4. The van der Waals surface area contributed by atoms with E-state index >= 15 is 0 Å². The molecule has 2 atom stereocenters. The lowest BCUT2D eigenvalue weighted by Crippen LogP contribution is -2.43. The highest BCUT2D eigenvalue weighted by molar-refractivity contribution is 5.40.